The van der Waals surface area contributed by atoms with Crippen molar-refractivity contribution >= 4 is 5.97 Å². The van der Waals surface area contributed by atoms with Gasteiger partial charge >= 0.3 is 5.97 Å². The van der Waals surface area contributed by atoms with E-state index in [1.54, 1.807) is 16.7 Å². The van der Waals surface area contributed by atoms with Crippen LogP contribution in [-0.4, -0.2) is 22.8 Å². The molecule has 6 rings (SSSR count). The molecule has 0 bridgehead atoms. The molecule has 5 unspecified atom stereocenters. The van der Waals surface area contributed by atoms with E-state index in [4.69, 9.17) is 5.11 Å². The first-order chi connectivity index (χ1) is 18.2. The SMILES string of the molecule is CC1=CC2C(CC(CO)=CC3C2[C@H](C)CC2[C@H]3C2(C)C)C1=C1CCC1.O=C(O)CCCCc1ccccc1. The maximum Gasteiger partial charge on any atom is 0.303 e. The van der Waals surface area contributed by atoms with Gasteiger partial charge < -0.3 is 10.2 Å². The molecule has 0 heterocycles. The Bertz CT molecular complexity index is 1100. The number of fused-ring (bicyclic) bond motifs is 5. The first-order valence-corrected chi connectivity index (χ1v) is 15.2. The average molecular weight is 517 g/mol. The largest absolute Gasteiger partial charge is 0.481 e. The molecule has 0 aliphatic heterocycles. The number of hydrogen-bond acceptors (Lipinski definition) is 2. The molecule has 1 aromatic rings. The Kier molecular flexibility index (Phi) is 8.06. The molecule has 0 radical (unpaired) electrons. The fourth-order valence-corrected chi connectivity index (χ4v) is 8.78. The molecule has 3 nitrogen and oxygen atoms in total. The molecular formula is C35H48O3. The quantitative estimate of drug-likeness (QED) is 0.297. The highest BCUT2D eigenvalue weighted by atomic mass is 16.4. The van der Waals surface area contributed by atoms with Crippen LogP contribution in [-0.2, 0) is 11.2 Å². The van der Waals surface area contributed by atoms with Crippen LogP contribution in [0.4, 0.5) is 0 Å². The Balaban J connectivity index is 0.000000193. The summed E-state index contributed by atoms with van der Waals surface area (Å²) in [6.07, 6.45) is 14.7. The van der Waals surface area contributed by atoms with E-state index < -0.39 is 5.97 Å². The Labute approximate surface area is 230 Å². The van der Waals surface area contributed by atoms with Crippen molar-refractivity contribution in [1.29, 1.82) is 0 Å². The zero-order chi connectivity index (χ0) is 27.0. The minimum atomic E-state index is -0.701. The molecule has 0 saturated heterocycles. The van der Waals surface area contributed by atoms with Crippen LogP contribution < -0.4 is 0 Å². The molecular weight excluding hydrogens is 468 g/mol. The van der Waals surface area contributed by atoms with Gasteiger partial charge in [-0.3, -0.25) is 4.79 Å². The molecule has 1 aromatic carbocycles. The van der Waals surface area contributed by atoms with Gasteiger partial charge in [-0.05, 0) is 122 Å². The lowest BCUT2D eigenvalue weighted by atomic mass is 9.64. The Morgan fingerprint density at radius 3 is 2.42 bits per heavy atom. The summed E-state index contributed by atoms with van der Waals surface area (Å²) >= 11 is 0. The molecule has 7 atom stereocenters. The fourth-order valence-electron chi connectivity index (χ4n) is 8.78. The van der Waals surface area contributed by atoms with Gasteiger partial charge in [0, 0.05) is 6.42 Å². The summed E-state index contributed by atoms with van der Waals surface area (Å²) in [7, 11) is 0. The summed E-state index contributed by atoms with van der Waals surface area (Å²) in [5.41, 5.74) is 8.15. The predicted octanol–water partition coefficient (Wildman–Crippen LogP) is 8.01. The number of aliphatic hydroxyl groups excluding tert-OH is 1. The van der Waals surface area contributed by atoms with Crippen LogP contribution in [0.1, 0.15) is 84.6 Å². The predicted molar refractivity (Wildman–Crippen MR) is 155 cm³/mol. The smallest absolute Gasteiger partial charge is 0.303 e. The summed E-state index contributed by atoms with van der Waals surface area (Å²) in [4.78, 5) is 10.2. The van der Waals surface area contributed by atoms with Gasteiger partial charge in [-0.15, -0.1) is 0 Å². The number of unbranched alkanes of at least 4 members (excludes halogenated alkanes) is 1. The van der Waals surface area contributed by atoms with E-state index in [0.717, 1.165) is 49.4 Å². The van der Waals surface area contributed by atoms with Gasteiger partial charge in [-0.2, -0.15) is 0 Å². The number of rotatable bonds is 6. The van der Waals surface area contributed by atoms with Gasteiger partial charge in [0.25, 0.3) is 0 Å². The third-order valence-electron chi connectivity index (χ3n) is 10.8. The molecule has 0 amide bonds. The van der Waals surface area contributed by atoms with E-state index in [9.17, 15) is 9.90 Å². The van der Waals surface area contributed by atoms with Crippen LogP contribution in [0.3, 0.4) is 0 Å². The van der Waals surface area contributed by atoms with Gasteiger partial charge in [-0.25, -0.2) is 0 Å². The van der Waals surface area contributed by atoms with Crippen molar-refractivity contribution in [3.05, 3.63) is 70.3 Å². The minimum Gasteiger partial charge on any atom is -0.481 e. The second kappa shape index (κ2) is 11.2. The van der Waals surface area contributed by atoms with Gasteiger partial charge in [0.05, 0.1) is 6.61 Å². The number of aryl methyl sites for hydroxylation is 1. The van der Waals surface area contributed by atoms with Crippen LogP contribution in [0.2, 0.25) is 0 Å². The number of aliphatic hydroxyl groups is 1. The molecule has 206 valence electrons. The molecule has 0 spiro atoms. The van der Waals surface area contributed by atoms with E-state index in [-0.39, 0.29) is 13.0 Å². The molecule has 5 aliphatic rings. The number of benzene rings is 1. The normalized spacial score (nSPS) is 34.3. The Morgan fingerprint density at radius 2 is 1.79 bits per heavy atom. The first-order valence-electron chi connectivity index (χ1n) is 15.2. The topological polar surface area (TPSA) is 57.5 Å². The number of hydrogen-bond donors (Lipinski definition) is 2. The molecule has 3 saturated carbocycles. The van der Waals surface area contributed by atoms with Crippen LogP contribution in [0, 0.1) is 46.8 Å². The van der Waals surface area contributed by atoms with Crippen molar-refractivity contribution in [3.8, 4) is 0 Å². The summed E-state index contributed by atoms with van der Waals surface area (Å²) in [6, 6.07) is 10.1. The van der Waals surface area contributed by atoms with Gasteiger partial charge in [-0.1, -0.05) is 74.4 Å². The maximum absolute atomic E-state index is 10.2. The van der Waals surface area contributed by atoms with E-state index in [1.807, 2.05) is 18.2 Å². The molecule has 2 N–H and O–H groups in total. The highest BCUT2D eigenvalue weighted by Crippen LogP contribution is 2.71. The number of carboxylic acid groups (broad SMARTS) is 1. The fraction of sp³-hybridized carbons (Fsp3) is 0.629. The molecule has 3 heteroatoms. The number of carboxylic acids is 1. The minimum absolute atomic E-state index is 0.264. The first kappa shape index (κ1) is 27.4. The van der Waals surface area contributed by atoms with E-state index in [1.165, 1.54) is 36.8 Å². The Morgan fingerprint density at radius 1 is 1.05 bits per heavy atom. The average Bonchev–Trinajstić information content (AvgIpc) is 3.33. The highest BCUT2D eigenvalue weighted by molar-refractivity contribution is 5.66. The molecule has 0 aromatic heterocycles. The number of aliphatic carboxylic acids is 1. The monoisotopic (exact) mass is 516 g/mol. The zero-order valence-electron chi connectivity index (χ0n) is 24.0. The van der Waals surface area contributed by atoms with Crippen molar-refractivity contribution in [3.63, 3.8) is 0 Å². The summed E-state index contributed by atoms with van der Waals surface area (Å²) in [5.74, 6) is 4.71. The lowest BCUT2D eigenvalue weighted by molar-refractivity contribution is -0.137. The number of allylic oxidation sites excluding steroid dienone is 5. The van der Waals surface area contributed by atoms with Gasteiger partial charge in [0.1, 0.15) is 0 Å². The lowest BCUT2D eigenvalue weighted by Crippen LogP contribution is -2.34. The molecule has 3 fully saturated rings. The Hall–Kier alpha value is -2.13. The standard InChI is InChI=1S/C24H34O.C11H14O2/c1-13-8-17-18(21(13)16-6-5-7-16)10-15(12-25)11-19-22(17)14(2)9-20-23(19)24(20,3)4;12-11(13)9-5-4-8-10-6-2-1-3-7-10/h8,11,14,17-20,22-23,25H,5-7,9-10,12H2,1-4H3;1-3,6-7H,4-5,8-9H2,(H,12,13)/t14-,17?,18?,19?,20?,22?,23+;/m1./s1. The highest BCUT2D eigenvalue weighted by Gasteiger charge is 2.66. The summed E-state index contributed by atoms with van der Waals surface area (Å²) < 4.78 is 0. The maximum atomic E-state index is 10.2. The second-order valence-electron chi connectivity index (χ2n) is 13.5. The van der Waals surface area contributed by atoms with E-state index in [0.29, 0.717) is 23.2 Å². The van der Waals surface area contributed by atoms with E-state index in [2.05, 4.69) is 52.0 Å². The van der Waals surface area contributed by atoms with Gasteiger partial charge in [0.2, 0.25) is 0 Å². The van der Waals surface area contributed by atoms with Crippen molar-refractivity contribution < 1.29 is 15.0 Å². The van der Waals surface area contributed by atoms with E-state index >= 15 is 0 Å². The van der Waals surface area contributed by atoms with Crippen LogP contribution in [0.25, 0.3) is 0 Å². The summed E-state index contributed by atoms with van der Waals surface area (Å²) in [6.45, 7) is 10.1. The van der Waals surface area contributed by atoms with Crippen molar-refractivity contribution in [2.75, 3.05) is 6.61 Å². The van der Waals surface area contributed by atoms with Crippen molar-refractivity contribution in [2.24, 2.45) is 46.8 Å². The van der Waals surface area contributed by atoms with Crippen molar-refractivity contribution in [1.82, 2.24) is 0 Å². The molecule has 5 aliphatic carbocycles. The molecule has 38 heavy (non-hydrogen) atoms. The third kappa shape index (κ3) is 5.33. The third-order valence-corrected chi connectivity index (χ3v) is 10.8. The van der Waals surface area contributed by atoms with Crippen LogP contribution in [0.15, 0.2) is 64.8 Å². The summed E-state index contributed by atoms with van der Waals surface area (Å²) in [5, 5.41) is 18.5. The van der Waals surface area contributed by atoms with Crippen LogP contribution >= 0.6 is 0 Å². The zero-order valence-corrected chi connectivity index (χ0v) is 24.0. The number of carbonyl (C=O) groups is 1. The van der Waals surface area contributed by atoms with Crippen LogP contribution in [0.5, 0.6) is 0 Å². The second-order valence-corrected chi connectivity index (χ2v) is 13.5. The van der Waals surface area contributed by atoms with Gasteiger partial charge in [0.15, 0.2) is 0 Å². The lowest BCUT2D eigenvalue weighted by Gasteiger charge is -2.40. The van der Waals surface area contributed by atoms with Crippen molar-refractivity contribution in [2.45, 2.75) is 85.5 Å².